The number of carbonyl (C=O) groups is 1. The Labute approximate surface area is 209 Å². The molecule has 1 heterocycles. The number of nitrogens with zero attached hydrogens (tertiary/aromatic N) is 1. The first-order chi connectivity index (χ1) is 15.6. The van der Waals surface area contributed by atoms with Gasteiger partial charge in [-0.1, -0.05) is 48.5 Å². The normalized spacial score (nSPS) is 15.0. The van der Waals surface area contributed by atoms with Crippen LogP contribution in [0.1, 0.15) is 23.5 Å². The van der Waals surface area contributed by atoms with Crippen LogP contribution in [0, 0.1) is 5.82 Å². The number of ether oxygens (including phenoxy) is 1. The summed E-state index contributed by atoms with van der Waals surface area (Å²) in [6.07, 6.45) is 0.417. The summed E-state index contributed by atoms with van der Waals surface area (Å²) in [5.74, 6) is 1.00. The molecule has 0 saturated heterocycles. The van der Waals surface area contributed by atoms with Gasteiger partial charge in [-0.05, 0) is 29.8 Å². The van der Waals surface area contributed by atoms with Crippen LogP contribution in [-0.2, 0) is 11.3 Å². The molecule has 0 bridgehead atoms. The van der Waals surface area contributed by atoms with Crippen LogP contribution in [0.4, 0.5) is 10.1 Å². The molecule has 3 aromatic rings. The highest BCUT2D eigenvalue weighted by Gasteiger charge is 2.24. The van der Waals surface area contributed by atoms with Gasteiger partial charge in [0.1, 0.15) is 5.75 Å². The highest BCUT2D eigenvalue weighted by atomic mass is 127. The summed E-state index contributed by atoms with van der Waals surface area (Å²) in [6, 6.07) is 21.6. The van der Waals surface area contributed by atoms with Gasteiger partial charge in [-0.25, -0.2) is 4.39 Å². The van der Waals surface area contributed by atoms with Crippen molar-refractivity contribution in [2.75, 3.05) is 18.9 Å². The predicted molar refractivity (Wildman–Crippen MR) is 139 cm³/mol. The highest BCUT2D eigenvalue weighted by Crippen LogP contribution is 2.31. The maximum absolute atomic E-state index is 14.0. The lowest BCUT2D eigenvalue weighted by Gasteiger charge is -2.26. The lowest BCUT2D eigenvalue weighted by Crippen LogP contribution is -2.40. The topological polar surface area (TPSA) is 74.8 Å². The van der Waals surface area contributed by atoms with Crippen molar-refractivity contribution < 1.29 is 13.9 Å². The molecule has 1 amide bonds. The number of fused-ring (bicyclic) bond motifs is 1. The van der Waals surface area contributed by atoms with E-state index in [1.807, 2.05) is 42.5 Å². The Morgan fingerprint density at radius 2 is 1.73 bits per heavy atom. The van der Waals surface area contributed by atoms with E-state index < -0.39 is 5.82 Å². The molecule has 0 saturated carbocycles. The number of halogens is 2. The van der Waals surface area contributed by atoms with Crippen LogP contribution >= 0.6 is 24.0 Å². The van der Waals surface area contributed by atoms with E-state index in [4.69, 9.17) is 4.74 Å². The monoisotopic (exact) mass is 560 g/mol. The first-order valence-electron chi connectivity index (χ1n) is 10.5. The maximum Gasteiger partial charge on any atom is 0.225 e. The van der Waals surface area contributed by atoms with E-state index in [1.54, 1.807) is 31.3 Å². The molecule has 33 heavy (non-hydrogen) atoms. The molecule has 1 atom stereocenters. The number of hydrogen-bond donors (Lipinski definition) is 3. The van der Waals surface area contributed by atoms with Crippen LogP contribution in [-0.4, -0.2) is 25.5 Å². The average Bonchev–Trinajstić information content (AvgIpc) is 2.81. The molecule has 0 spiro atoms. The van der Waals surface area contributed by atoms with Crippen molar-refractivity contribution in [1.82, 2.24) is 10.6 Å². The molecule has 1 unspecified atom stereocenters. The molecule has 6 nitrogen and oxygen atoms in total. The third-order valence-corrected chi connectivity index (χ3v) is 5.32. The molecule has 0 radical (unpaired) electrons. The van der Waals surface area contributed by atoms with Crippen molar-refractivity contribution in [3.05, 3.63) is 89.7 Å². The first kappa shape index (κ1) is 24.5. The van der Waals surface area contributed by atoms with E-state index in [9.17, 15) is 9.18 Å². The Morgan fingerprint density at radius 3 is 2.52 bits per heavy atom. The molecule has 0 aromatic heterocycles. The maximum atomic E-state index is 14.0. The second-order valence-corrected chi connectivity index (χ2v) is 7.48. The molecule has 1 aliphatic heterocycles. The molecular weight excluding hydrogens is 534 g/mol. The van der Waals surface area contributed by atoms with Gasteiger partial charge in [-0.3, -0.25) is 9.79 Å². The SMILES string of the molecule is CN=C(NCc1ccccc1Oc1ccccc1F)NCC1CC(=O)Nc2ccccc21.I. The largest absolute Gasteiger partial charge is 0.454 e. The molecular formula is C25H26FIN4O2. The van der Waals surface area contributed by atoms with Crippen LogP contribution in [0.3, 0.4) is 0 Å². The summed E-state index contributed by atoms with van der Waals surface area (Å²) in [7, 11) is 1.69. The lowest BCUT2D eigenvalue weighted by molar-refractivity contribution is -0.116. The van der Waals surface area contributed by atoms with Gasteiger partial charge in [0.15, 0.2) is 17.5 Å². The Balaban J connectivity index is 0.00000306. The summed E-state index contributed by atoms with van der Waals surface area (Å²) < 4.78 is 19.8. The molecule has 172 valence electrons. The standard InChI is InChI=1S/C25H25FN4O2.HI/c1-27-25(29-16-18-14-24(31)30-21-11-5-3-9-19(18)21)28-15-17-8-2-6-12-22(17)32-23-13-7-4-10-20(23)26;/h2-13,18H,14-16H2,1H3,(H,30,31)(H2,27,28,29);1H. The number of carbonyl (C=O) groups excluding carboxylic acids is 1. The highest BCUT2D eigenvalue weighted by molar-refractivity contribution is 14.0. The second kappa shape index (κ2) is 11.6. The molecule has 0 aliphatic carbocycles. The van der Waals surface area contributed by atoms with Gasteiger partial charge in [0.05, 0.1) is 0 Å². The van der Waals surface area contributed by atoms with Gasteiger partial charge in [0.25, 0.3) is 0 Å². The second-order valence-electron chi connectivity index (χ2n) is 7.48. The van der Waals surface area contributed by atoms with E-state index in [1.165, 1.54) is 6.07 Å². The number of hydrogen-bond acceptors (Lipinski definition) is 3. The number of aliphatic imine (C=N–C) groups is 1. The van der Waals surface area contributed by atoms with Crippen LogP contribution in [0.2, 0.25) is 0 Å². The fourth-order valence-corrected chi connectivity index (χ4v) is 3.70. The van der Waals surface area contributed by atoms with Crippen LogP contribution < -0.4 is 20.7 Å². The lowest BCUT2D eigenvalue weighted by atomic mass is 9.90. The summed E-state index contributed by atoms with van der Waals surface area (Å²) >= 11 is 0. The quantitative estimate of drug-likeness (QED) is 0.225. The summed E-state index contributed by atoms with van der Waals surface area (Å²) in [6.45, 7) is 1.00. The van der Waals surface area contributed by atoms with Crippen molar-refractivity contribution in [2.24, 2.45) is 4.99 Å². The Hall–Kier alpha value is -3.14. The Morgan fingerprint density at radius 1 is 1.03 bits per heavy atom. The zero-order valence-electron chi connectivity index (χ0n) is 18.2. The predicted octanol–water partition coefficient (Wildman–Crippen LogP) is 5.03. The fraction of sp³-hybridized carbons (Fsp3) is 0.200. The van der Waals surface area contributed by atoms with Crippen LogP contribution in [0.5, 0.6) is 11.5 Å². The molecule has 0 fully saturated rings. The van der Waals surface area contributed by atoms with E-state index in [2.05, 4.69) is 20.9 Å². The van der Waals surface area contributed by atoms with E-state index in [0.29, 0.717) is 31.2 Å². The summed E-state index contributed by atoms with van der Waals surface area (Å²) in [5.41, 5.74) is 2.83. The zero-order valence-corrected chi connectivity index (χ0v) is 20.5. The minimum absolute atomic E-state index is 0. The first-order valence-corrected chi connectivity index (χ1v) is 10.5. The van der Waals surface area contributed by atoms with Gasteiger partial charge < -0.3 is 20.7 Å². The third kappa shape index (κ3) is 6.22. The zero-order chi connectivity index (χ0) is 22.3. The molecule has 4 rings (SSSR count). The van der Waals surface area contributed by atoms with Gasteiger partial charge in [-0.2, -0.15) is 0 Å². The molecule has 3 aromatic carbocycles. The number of benzene rings is 3. The van der Waals surface area contributed by atoms with Crippen molar-refractivity contribution >= 4 is 41.5 Å². The van der Waals surface area contributed by atoms with Crippen molar-refractivity contribution in [2.45, 2.75) is 18.9 Å². The number of nitrogens with one attached hydrogen (secondary N) is 3. The Bertz CT molecular complexity index is 1140. The minimum atomic E-state index is -0.412. The van der Waals surface area contributed by atoms with Crippen molar-refractivity contribution in [1.29, 1.82) is 0 Å². The van der Waals surface area contributed by atoms with Crippen LogP contribution in [0.25, 0.3) is 0 Å². The van der Waals surface area contributed by atoms with Gasteiger partial charge in [0.2, 0.25) is 5.91 Å². The Kier molecular flexibility index (Phi) is 8.65. The molecule has 1 aliphatic rings. The van der Waals surface area contributed by atoms with Crippen molar-refractivity contribution in [3.8, 4) is 11.5 Å². The summed E-state index contributed by atoms with van der Waals surface area (Å²) in [5, 5.41) is 9.49. The minimum Gasteiger partial charge on any atom is -0.454 e. The average molecular weight is 560 g/mol. The van der Waals surface area contributed by atoms with E-state index in [-0.39, 0.29) is 41.6 Å². The van der Waals surface area contributed by atoms with Gasteiger partial charge >= 0.3 is 0 Å². The van der Waals surface area contributed by atoms with Crippen LogP contribution in [0.15, 0.2) is 77.8 Å². The fourth-order valence-electron chi connectivity index (χ4n) is 3.70. The van der Waals surface area contributed by atoms with Gasteiger partial charge in [0, 0.05) is 43.7 Å². The molecule has 8 heteroatoms. The number of anilines is 1. The van der Waals surface area contributed by atoms with E-state index in [0.717, 1.165) is 16.8 Å². The summed E-state index contributed by atoms with van der Waals surface area (Å²) in [4.78, 5) is 16.3. The van der Waals surface area contributed by atoms with E-state index >= 15 is 0 Å². The number of guanidine groups is 1. The number of rotatable bonds is 6. The number of para-hydroxylation sites is 3. The van der Waals surface area contributed by atoms with Crippen molar-refractivity contribution in [3.63, 3.8) is 0 Å². The molecule has 3 N–H and O–H groups in total. The number of amides is 1. The van der Waals surface area contributed by atoms with Gasteiger partial charge in [-0.15, -0.1) is 24.0 Å². The smallest absolute Gasteiger partial charge is 0.225 e. The third-order valence-electron chi connectivity index (χ3n) is 5.32.